The van der Waals surface area contributed by atoms with E-state index in [1.54, 1.807) is 18.2 Å². The number of aliphatic hydroxyl groups is 1. The Kier molecular flexibility index (Phi) is 11.2. The van der Waals surface area contributed by atoms with Crippen molar-refractivity contribution in [2.24, 2.45) is 0 Å². The van der Waals surface area contributed by atoms with Gasteiger partial charge < -0.3 is 30.1 Å². The maximum atomic E-state index is 12.0. The highest BCUT2D eigenvalue weighted by Gasteiger charge is 2.32. The smallest absolute Gasteiger partial charge is 0.336 e. The first kappa shape index (κ1) is 32.9. The van der Waals surface area contributed by atoms with Gasteiger partial charge in [-0.3, -0.25) is 9.59 Å². The van der Waals surface area contributed by atoms with Crippen molar-refractivity contribution < 1.29 is 39.2 Å². The summed E-state index contributed by atoms with van der Waals surface area (Å²) in [5.74, 6) is -1.75. The Labute approximate surface area is 271 Å². The summed E-state index contributed by atoms with van der Waals surface area (Å²) in [6.07, 6.45) is -0.843. The summed E-state index contributed by atoms with van der Waals surface area (Å²) in [4.78, 5) is 35.1. The zero-order valence-corrected chi connectivity index (χ0v) is 25.8. The number of carboxylic acids is 2. The second-order valence-electron chi connectivity index (χ2n) is 11.0. The van der Waals surface area contributed by atoms with Crippen molar-refractivity contribution in [2.45, 2.75) is 55.8 Å². The summed E-state index contributed by atoms with van der Waals surface area (Å²) in [5, 5.41) is 30.6. The molecule has 0 radical (unpaired) electrons. The van der Waals surface area contributed by atoms with Crippen LogP contribution in [-0.4, -0.2) is 45.0 Å². The molecule has 0 saturated carbocycles. The minimum atomic E-state index is -1.01. The van der Waals surface area contributed by atoms with Crippen LogP contribution in [0.2, 0.25) is 0 Å². The Bertz CT molecular complexity index is 1660. The van der Waals surface area contributed by atoms with E-state index >= 15 is 0 Å². The van der Waals surface area contributed by atoms with Crippen molar-refractivity contribution in [3.05, 3.63) is 125 Å². The van der Waals surface area contributed by atoms with Crippen LogP contribution in [0.1, 0.15) is 64.3 Å². The summed E-state index contributed by atoms with van der Waals surface area (Å²) in [6, 6.07) is 30.2. The van der Waals surface area contributed by atoms with Crippen LogP contribution in [0.15, 0.2) is 102 Å². The maximum Gasteiger partial charge on any atom is 0.336 e. The topological polar surface area (TPSA) is 142 Å². The van der Waals surface area contributed by atoms with Crippen LogP contribution in [0.3, 0.4) is 0 Å². The minimum Gasteiger partial charge on any atom is -0.481 e. The number of aromatic carboxylic acids is 1. The highest BCUT2D eigenvalue weighted by Crippen LogP contribution is 2.40. The number of aliphatic hydroxyl groups excluding tert-OH is 1. The molecule has 0 aliphatic carbocycles. The van der Waals surface area contributed by atoms with Crippen LogP contribution in [-0.2, 0) is 32.2 Å². The first-order valence-corrected chi connectivity index (χ1v) is 15.9. The molecule has 1 fully saturated rings. The molecule has 1 saturated heterocycles. The predicted molar refractivity (Wildman–Crippen MR) is 173 cm³/mol. The van der Waals surface area contributed by atoms with Gasteiger partial charge in [0.15, 0.2) is 6.29 Å². The third-order valence-electron chi connectivity index (χ3n) is 7.66. The van der Waals surface area contributed by atoms with Crippen LogP contribution in [0, 0.1) is 0 Å². The van der Waals surface area contributed by atoms with Gasteiger partial charge in [-0.05, 0) is 46.0 Å². The number of carbonyl (C=O) groups excluding carboxylic acids is 1. The van der Waals surface area contributed by atoms with E-state index in [1.807, 2.05) is 78.9 Å². The Morgan fingerprint density at radius 2 is 1.52 bits per heavy atom. The van der Waals surface area contributed by atoms with Crippen molar-refractivity contribution in [3.8, 4) is 11.1 Å². The lowest BCUT2D eigenvalue weighted by molar-refractivity contribution is -0.245. The number of thioether (sulfide) groups is 1. The van der Waals surface area contributed by atoms with Crippen LogP contribution in [0.4, 0.5) is 0 Å². The number of carbonyl (C=O) groups is 3. The molecule has 3 atom stereocenters. The van der Waals surface area contributed by atoms with E-state index in [1.165, 1.54) is 11.8 Å². The number of nitrogens with one attached hydrogen (secondary N) is 1. The Balaban J connectivity index is 1.30. The molecule has 4 aromatic carbocycles. The lowest BCUT2D eigenvalue weighted by Gasteiger charge is -2.36. The molecule has 5 rings (SSSR count). The molecule has 238 valence electrons. The van der Waals surface area contributed by atoms with E-state index in [0.717, 1.165) is 33.4 Å². The average Bonchev–Trinajstić information content (AvgIpc) is 3.09. The van der Waals surface area contributed by atoms with Gasteiger partial charge in [0.1, 0.15) is 0 Å². The second-order valence-corrected chi connectivity index (χ2v) is 12.0. The van der Waals surface area contributed by atoms with Gasteiger partial charge in [0.2, 0.25) is 5.91 Å². The summed E-state index contributed by atoms with van der Waals surface area (Å²) < 4.78 is 12.9. The van der Waals surface area contributed by atoms with Crippen LogP contribution >= 0.6 is 11.8 Å². The highest BCUT2D eigenvalue weighted by molar-refractivity contribution is 7.99. The van der Waals surface area contributed by atoms with Gasteiger partial charge in [-0.15, -0.1) is 11.8 Å². The van der Waals surface area contributed by atoms with Crippen molar-refractivity contribution in [2.75, 3.05) is 5.75 Å². The van der Waals surface area contributed by atoms with Crippen molar-refractivity contribution in [1.29, 1.82) is 0 Å². The monoisotopic (exact) mass is 641 g/mol. The first-order chi connectivity index (χ1) is 22.3. The lowest BCUT2D eigenvalue weighted by atomic mass is 9.99. The fourth-order valence-corrected chi connectivity index (χ4v) is 6.24. The van der Waals surface area contributed by atoms with Gasteiger partial charge in [-0.2, -0.15) is 0 Å². The molecule has 4 N–H and O–H groups in total. The molecule has 0 spiro atoms. The van der Waals surface area contributed by atoms with Crippen molar-refractivity contribution in [1.82, 2.24) is 5.32 Å². The molecule has 0 aromatic heterocycles. The van der Waals surface area contributed by atoms with Crippen LogP contribution < -0.4 is 5.32 Å². The van der Waals surface area contributed by atoms with E-state index in [-0.39, 0.29) is 43.1 Å². The number of rotatable bonds is 13. The molecule has 4 aromatic rings. The quantitative estimate of drug-likeness (QED) is 0.123. The number of amides is 1. The predicted octanol–water partition coefficient (Wildman–Crippen LogP) is 6.36. The molecule has 9 nitrogen and oxygen atoms in total. The van der Waals surface area contributed by atoms with E-state index in [9.17, 15) is 24.6 Å². The molecule has 46 heavy (non-hydrogen) atoms. The van der Waals surface area contributed by atoms with Crippen molar-refractivity contribution in [3.63, 3.8) is 0 Å². The standard InChI is InChI=1S/C36H35NO8S/c38-21-23-8-10-26(11-9-23)31-19-29(22-46-32-7-2-1-6-30(32)35(42)43)44-36(45-31)27-14-12-25(13-15-27)28-5-3-4-24(18-28)20-37-33(39)16-17-34(40)41/h1-15,18,29,31,36,38H,16-17,19-22H2,(H,37,39)(H,40,41)(H,42,43). The summed E-state index contributed by atoms with van der Waals surface area (Å²) in [7, 11) is 0. The fourth-order valence-electron chi connectivity index (χ4n) is 5.18. The number of benzene rings is 4. The summed E-state index contributed by atoms with van der Waals surface area (Å²) >= 11 is 1.45. The third kappa shape index (κ3) is 8.82. The van der Waals surface area contributed by atoms with Gasteiger partial charge >= 0.3 is 11.9 Å². The normalized spacial score (nSPS) is 17.7. The molecule has 1 aliphatic heterocycles. The highest BCUT2D eigenvalue weighted by atomic mass is 32.2. The molecule has 1 amide bonds. The van der Waals surface area contributed by atoms with E-state index in [2.05, 4.69) is 5.32 Å². The lowest BCUT2D eigenvalue weighted by Crippen LogP contribution is -2.31. The van der Waals surface area contributed by atoms with E-state index < -0.39 is 18.2 Å². The average molecular weight is 642 g/mol. The van der Waals surface area contributed by atoms with Gasteiger partial charge in [-0.1, -0.05) is 78.9 Å². The first-order valence-electron chi connectivity index (χ1n) is 14.9. The van der Waals surface area contributed by atoms with Crippen molar-refractivity contribution >= 4 is 29.6 Å². The van der Waals surface area contributed by atoms with Gasteiger partial charge in [0.25, 0.3) is 0 Å². The molecule has 1 heterocycles. The molecular weight excluding hydrogens is 606 g/mol. The van der Waals surface area contributed by atoms with Gasteiger partial charge in [-0.25, -0.2) is 4.79 Å². The Morgan fingerprint density at radius 1 is 0.783 bits per heavy atom. The Morgan fingerprint density at radius 3 is 2.24 bits per heavy atom. The zero-order chi connectivity index (χ0) is 32.5. The number of carboxylic acid groups (broad SMARTS) is 2. The third-order valence-corrected chi connectivity index (χ3v) is 8.86. The molecule has 3 unspecified atom stereocenters. The number of ether oxygens (including phenoxy) is 2. The molecular formula is C36H35NO8S. The Hall–Kier alpha value is -4.48. The second kappa shape index (κ2) is 15.7. The number of aliphatic carboxylic acids is 1. The number of hydrogen-bond acceptors (Lipinski definition) is 7. The van der Waals surface area contributed by atoms with E-state index in [0.29, 0.717) is 23.6 Å². The van der Waals surface area contributed by atoms with Crippen LogP contribution in [0.25, 0.3) is 11.1 Å². The minimum absolute atomic E-state index is 0.0452. The molecule has 0 bridgehead atoms. The molecule has 1 aliphatic rings. The SMILES string of the molecule is O=C(O)CCC(=O)NCc1cccc(-c2ccc(C3OC(CSc4ccccc4C(=O)O)CC(c4ccc(CO)cc4)O3)cc2)c1. The van der Waals surface area contributed by atoms with Crippen LogP contribution in [0.5, 0.6) is 0 Å². The molecule has 10 heteroatoms. The number of hydrogen-bond donors (Lipinski definition) is 4. The summed E-state index contributed by atoms with van der Waals surface area (Å²) in [5.41, 5.74) is 5.69. The maximum absolute atomic E-state index is 12.0. The zero-order valence-electron chi connectivity index (χ0n) is 25.0. The van der Waals surface area contributed by atoms with Gasteiger partial charge in [0, 0.05) is 35.6 Å². The fraction of sp³-hybridized carbons (Fsp3) is 0.250. The summed E-state index contributed by atoms with van der Waals surface area (Å²) in [6.45, 7) is 0.252. The largest absolute Gasteiger partial charge is 0.481 e. The van der Waals surface area contributed by atoms with E-state index in [4.69, 9.17) is 14.6 Å². The van der Waals surface area contributed by atoms with Gasteiger partial charge in [0.05, 0.1) is 30.8 Å².